The summed E-state index contributed by atoms with van der Waals surface area (Å²) in [6.07, 6.45) is 3.67. The predicted molar refractivity (Wildman–Crippen MR) is 79.3 cm³/mol. The SMILES string of the molecule is Cc1nc(C)c(C(=O)N2C[C@@H](Cc3ccncc3)[C@@H](O)C2)o1. The molecule has 3 rings (SSSR count). The van der Waals surface area contributed by atoms with Gasteiger partial charge in [0, 0.05) is 38.3 Å². The van der Waals surface area contributed by atoms with E-state index in [4.69, 9.17) is 4.42 Å². The molecule has 22 heavy (non-hydrogen) atoms. The van der Waals surface area contributed by atoms with Crippen molar-refractivity contribution in [1.82, 2.24) is 14.9 Å². The molecule has 0 radical (unpaired) electrons. The van der Waals surface area contributed by atoms with E-state index < -0.39 is 6.10 Å². The number of hydrogen-bond donors (Lipinski definition) is 1. The van der Waals surface area contributed by atoms with Crippen LogP contribution in [0.25, 0.3) is 0 Å². The van der Waals surface area contributed by atoms with E-state index in [2.05, 4.69) is 9.97 Å². The average Bonchev–Trinajstić information content (AvgIpc) is 3.02. The van der Waals surface area contributed by atoms with Gasteiger partial charge in [-0.25, -0.2) is 4.98 Å². The summed E-state index contributed by atoms with van der Waals surface area (Å²) >= 11 is 0. The fourth-order valence-corrected chi connectivity index (χ4v) is 2.92. The molecule has 0 spiro atoms. The third kappa shape index (κ3) is 2.87. The molecule has 6 heteroatoms. The van der Waals surface area contributed by atoms with E-state index in [1.165, 1.54) is 0 Å². The van der Waals surface area contributed by atoms with Crippen molar-refractivity contribution in [3.8, 4) is 0 Å². The van der Waals surface area contributed by atoms with E-state index in [1.807, 2.05) is 12.1 Å². The highest BCUT2D eigenvalue weighted by Gasteiger charge is 2.36. The van der Waals surface area contributed by atoms with E-state index in [0.717, 1.165) is 12.0 Å². The first kappa shape index (κ1) is 14.7. The Morgan fingerprint density at radius 1 is 1.36 bits per heavy atom. The zero-order valence-electron chi connectivity index (χ0n) is 12.7. The summed E-state index contributed by atoms with van der Waals surface area (Å²) in [6, 6.07) is 3.86. The van der Waals surface area contributed by atoms with Crippen molar-refractivity contribution in [3.63, 3.8) is 0 Å². The lowest BCUT2D eigenvalue weighted by atomic mass is 9.97. The first-order valence-electron chi connectivity index (χ1n) is 7.35. The molecule has 6 nitrogen and oxygen atoms in total. The molecule has 116 valence electrons. The fraction of sp³-hybridized carbons (Fsp3) is 0.438. The number of pyridine rings is 1. The molecule has 0 unspecified atom stereocenters. The Morgan fingerprint density at radius 2 is 2.09 bits per heavy atom. The van der Waals surface area contributed by atoms with Crippen LogP contribution in [0.1, 0.15) is 27.7 Å². The number of aliphatic hydroxyl groups is 1. The summed E-state index contributed by atoms with van der Waals surface area (Å²) < 4.78 is 5.39. The van der Waals surface area contributed by atoms with Gasteiger partial charge in [-0.1, -0.05) is 0 Å². The number of β-amino-alcohol motifs (C(OH)–C–C–N with tert-alkyl or cyclic N) is 1. The van der Waals surface area contributed by atoms with Crippen LogP contribution in [-0.2, 0) is 6.42 Å². The van der Waals surface area contributed by atoms with Crippen molar-refractivity contribution in [2.24, 2.45) is 5.92 Å². The van der Waals surface area contributed by atoms with Gasteiger partial charge in [0.15, 0.2) is 5.89 Å². The molecule has 1 fully saturated rings. The predicted octanol–water partition coefficient (Wildman–Crippen LogP) is 1.36. The highest BCUT2D eigenvalue weighted by atomic mass is 16.4. The number of amides is 1. The normalized spacial score (nSPS) is 21.3. The van der Waals surface area contributed by atoms with Gasteiger partial charge in [-0.3, -0.25) is 9.78 Å². The van der Waals surface area contributed by atoms with E-state index in [9.17, 15) is 9.90 Å². The number of hydrogen-bond acceptors (Lipinski definition) is 5. The molecule has 0 aliphatic carbocycles. The summed E-state index contributed by atoms with van der Waals surface area (Å²) in [7, 11) is 0. The molecule has 1 saturated heterocycles. The molecule has 1 N–H and O–H groups in total. The zero-order chi connectivity index (χ0) is 15.7. The van der Waals surface area contributed by atoms with Gasteiger partial charge in [0.2, 0.25) is 5.76 Å². The van der Waals surface area contributed by atoms with Crippen molar-refractivity contribution in [3.05, 3.63) is 47.4 Å². The number of nitrogens with zero attached hydrogens (tertiary/aromatic N) is 3. The van der Waals surface area contributed by atoms with Crippen LogP contribution in [0.3, 0.4) is 0 Å². The third-order valence-corrected chi connectivity index (χ3v) is 4.04. The number of aromatic nitrogens is 2. The number of carbonyl (C=O) groups excluding carboxylic acids is 1. The van der Waals surface area contributed by atoms with Gasteiger partial charge in [0.1, 0.15) is 0 Å². The highest BCUT2D eigenvalue weighted by molar-refractivity contribution is 5.92. The Bertz CT molecular complexity index is 669. The maximum absolute atomic E-state index is 12.5. The first-order valence-corrected chi connectivity index (χ1v) is 7.35. The lowest BCUT2D eigenvalue weighted by Gasteiger charge is -2.15. The van der Waals surface area contributed by atoms with Gasteiger partial charge in [0.25, 0.3) is 5.91 Å². The second kappa shape index (κ2) is 5.88. The van der Waals surface area contributed by atoms with Crippen LogP contribution in [-0.4, -0.2) is 45.1 Å². The van der Waals surface area contributed by atoms with Crippen molar-refractivity contribution in [2.75, 3.05) is 13.1 Å². The molecule has 3 heterocycles. The molecule has 2 aromatic heterocycles. The summed E-state index contributed by atoms with van der Waals surface area (Å²) in [5.41, 5.74) is 1.70. The highest BCUT2D eigenvalue weighted by Crippen LogP contribution is 2.24. The summed E-state index contributed by atoms with van der Waals surface area (Å²) in [5, 5.41) is 10.2. The van der Waals surface area contributed by atoms with Gasteiger partial charge in [-0.05, 0) is 31.0 Å². The minimum absolute atomic E-state index is 0.0238. The minimum Gasteiger partial charge on any atom is -0.436 e. The molecular weight excluding hydrogens is 282 g/mol. The van der Waals surface area contributed by atoms with Crippen LogP contribution in [0.5, 0.6) is 0 Å². The topological polar surface area (TPSA) is 79.5 Å². The molecule has 0 bridgehead atoms. The largest absolute Gasteiger partial charge is 0.436 e. The molecule has 2 atom stereocenters. The van der Waals surface area contributed by atoms with Crippen LogP contribution < -0.4 is 0 Å². The Morgan fingerprint density at radius 3 is 2.73 bits per heavy atom. The van der Waals surface area contributed by atoms with Gasteiger partial charge in [-0.2, -0.15) is 0 Å². The number of likely N-dealkylation sites (tertiary alicyclic amines) is 1. The third-order valence-electron chi connectivity index (χ3n) is 4.04. The van der Waals surface area contributed by atoms with Crippen LogP contribution in [0.15, 0.2) is 28.9 Å². The van der Waals surface area contributed by atoms with Crippen LogP contribution >= 0.6 is 0 Å². The lowest BCUT2D eigenvalue weighted by molar-refractivity contribution is 0.0731. The second-order valence-corrected chi connectivity index (χ2v) is 5.74. The van der Waals surface area contributed by atoms with Gasteiger partial charge in [0.05, 0.1) is 11.8 Å². The summed E-state index contributed by atoms with van der Waals surface area (Å²) in [4.78, 5) is 22.3. The van der Waals surface area contributed by atoms with Gasteiger partial charge >= 0.3 is 0 Å². The molecular formula is C16H19N3O3. The minimum atomic E-state index is -0.526. The van der Waals surface area contributed by atoms with Crippen LogP contribution in [0.2, 0.25) is 0 Å². The maximum Gasteiger partial charge on any atom is 0.291 e. The fourth-order valence-electron chi connectivity index (χ4n) is 2.92. The number of rotatable bonds is 3. The van der Waals surface area contributed by atoms with E-state index in [0.29, 0.717) is 24.7 Å². The summed E-state index contributed by atoms with van der Waals surface area (Å²) in [5.74, 6) is 0.577. The Balaban J connectivity index is 1.70. The number of aryl methyl sites for hydroxylation is 2. The molecule has 0 aromatic carbocycles. The Labute approximate surface area is 128 Å². The number of aliphatic hydroxyl groups excluding tert-OH is 1. The number of carbonyl (C=O) groups is 1. The first-order chi connectivity index (χ1) is 10.5. The number of oxazole rings is 1. The second-order valence-electron chi connectivity index (χ2n) is 5.74. The molecule has 2 aromatic rings. The van der Waals surface area contributed by atoms with E-state index in [1.54, 1.807) is 31.1 Å². The lowest BCUT2D eigenvalue weighted by Crippen LogP contribution is -2.29. The molecule has 1 aliphatic rings. The van der Waals surface area contributed by atoms with Crippen molar-refractivity contribution < 1.29 is 14.3 Å². The molecule has 1 amide bonds. The van der Waals surface area contributed by atoms with Crippen molar-refractivity contribution in [1.29, 1.82) is 0 Å². The van der Waals surface area contributed by atoms with Crippen LogP contribution in [0.4, 0.5) is 0 Å². The van der Waals surface area contributed by atoms with Gasteiger partial charge < -0.3 is 14.4 Å². The quantitative estimate of drug-likeness (QED) is 0.926. The van der Waals surface area contributed by atoms with Crippen LogP contribution in [0, 0.1) is 19.8 Å². The zero-order valence-corrected chi connectivity index (χ0v) is 12.7. The van der Waals surface area contributed by atoms with E-state index >= 15 is 0 Å². The van der Waals surface area contributed by atoms with Crippen molar-refractivity contribution >= 4 is 5.91 Å². The Hall–Kier alpha value is -2.21. The maximum atomic E-state index is 12.5. The smallest absolute Gasteiger partial charge is 0.291 e. The summed E-state index contributed by atoms with van der Waals surface area (Å²) in [6.45, 7) is 4.31. The van der Waals surface area contributed by atoms with Gasteiger partial charge in [-0.15, -0.1) is 0 Å². The monoisotopic (exact) mass is 301 g/mol. The Kier molecular flexibility index (Phi) is 3.94. The van der Waals surface area contributed by atoms with Crippen molar-refractivity contribution in [2.45, 2.75) is 26.4 Å². The van der Waals surface area contributed by atoms with E-state index in [-0.39, 0.29) is 17.6 Å². The molecule has 1 aliphatic heterocycles. The average molecular weight is 301 g/mol. The molecule has 0 saturated carbocycles. The standard InChI is InChI=1S/C16H19N3O3/c1-10-15(22-11(2)18-10)16(21)19-8-13(14(20)9-19)7-12-3-5-17-6-4-12/h3-6,13-14,20H,7-9H2,1-2H3/t13-,14+/m1/s1.